The summed E-state index contributed by atoms with van der Waals surface area (Å²) < 4.78 is 47.0. The van der Waals surface area contributed by atoms with Crippen molar-refractivity contribution >= 4 is 44.5 Å². The third-order valence-electron chi connectivity index (χ3n) is 4.37. The van der Waals surface area contributed by atoms with Gasteiger partial charge >= 0.3 is 0 Å². The van der Waals surface area contributed by atoms with E-state index in [2.05, 4.69) is 9.71 Å². The number of amidine groups is 1. The molecule has 1 aliphatic heterocycles. The predicted molar refractivity (Wildman–Crippen MR) is 116 cm³/mol. The summed E-state index contributed by atoms with van der Waals surface area (Å²) in [5, 5.41) is 1.86. The third kappa shape index (κ3) is 5.42. The summed E-state index contributed by atoms with van der Waals surface area (Å²) in [6, 6.07) is 11.0. The number of rotatable bonds is 7. The highest BCUT2D eigenvalue weighted by Gasteiger charge is 2.39. The molecule has 1 saturated heterocycles. The van der Waals surface area contributed by atoms with Gasteiger partial charge in [0.05, 0.1) is 12.0 Å². The van der Waals surface area contributed by atoms with Crippen molar-refractivity contribution in [3.8, 4) is 5.75 Å². The minimum Gasteiger partial charge on any atom is -0.497 e. The van der Waals surface area contributed by atoms with E-state index in [9.17, 15) is 22.4 Å². The number of sulfonamides is 1. The van der Waals surface area contributed by atoms with Crippen molar-refractivity contribution < 1.29 is 27.1 Å². The van der Waals surface area contributed by atoms with Crippen LogP contribution in [-0.4, -0.2) is 49.2 Å². The van der Waals surface area contributed by atoms with Crippen molar-refractivity contribution in [2.24, 2.45) is 4.40 Å². The summed E-state index contributed by atoms with van der Waals surface area (Å²) in [4.78, 5) is 26.1. The first-order valence-corrected chi connectivity index (χ1v) is 11.6. The number of amides is 2. The fourth-order valence-corrected chi connectivity index (χ4v) is 5.26. The topological polar surface area (TPSA) is 105 Å². The summed E-state index contributed by atoms with van der Waals surface area (Å²) in [6.07, 6.45) is -0.160. The molecule has 8 nitrogen and oxygen atoms in total. The van der Waals surface area contributed by atoms with Gasteiger partial charge in [-0.05, 0) is 43.3 Å². The molecule has 2 aromatic rings. The van der Waals surface area contributed by atoms with Crippen LogP contribution in [0, 0.1) is 5.82 Å². The first-order valence-electron chi connectivity index (χ1n) is 9.26. The van der Waals surface area contributed by atoms with E-state index in [4.69, 9.17) is 4.74 Å². The Morgan fingerprint density at radius 2 is 1.97 bits per heavy atom. The molecule has 164 valence electrons. The molecule has 0 spiro atoms. The Hall–Kier alpha value is -2.92. The molecule has 1 atom stereocenters. The molecule has 1 fully saturated rings. The Kier molecular flexibility index (Phi) is 6.96. The molecule has 0 radical (unpaired) electrons. The van der Waals surface area contributed by atoms with E-state index in [1.165, 1.54) is 12.0 Å². The minimum absolute atomic E-state index is 0.0176. The maximum Gasteiger partial charge on any atom is 0.284 e. The number of carbonyl (C=O) groups is 2. The SMILES string of the molecule is CCN1C(=O)C(CC(=O)Nc2cccc(OC)c2)SC1=NS(=O)(=O)c1ccc(F)cc1. The van der Waals surface area contributed by atoms with Gasteiger partial charge in [-0.2, -0.15) is 8.42 Å². The van der Waals surface area contributed by atoms with Gasteiger partial charge in [0.1, 0.15) is 16.8 Å². The molecule has 0 aromatic heterocycles. The van der Waals surface area contributed by atoms with Crippen molar-refractivity contribution in [3.05, 3.63) is 54.3 Å². The fraction of sp³-hybridized carbons (Fsp3) is 0.250. The molecule has 1 heterocycles. The number of ether oxygens (including phenoxy) is 1. The Morgan fingerprint density at radius 1 is 1.26 bits per heavy atom. The first kappa shape index (κ1) is 22.8. The minimum atomic E-state index is -4.14. The average molecular weight is 466 g/mol. The monoisotopic (exact) mass is 465 g/mol. The molecular formula is C20H20FN3O5S2. The summed E-state index contributed by atoms with van der Waals surface area (Å²) in [6.45, 7) is 1.87. The Bertz CT molecular complexity index is 1120. The van der Waals surface area contributed by atoms with E-state index in [0.29, 0.717) is 11.4 Å². The van der Waals surface area contributed by atoms with Crippen LogP contribution in [0.25, 0.3) is 0 Å². The van der Waals surface area contributed by atoms with Crippen molar-refractivity contribution in [3.63, 3.8) is 0 Å². The van der Waals surface area contributed by atoms with Crippen LogP contribution >= 0.6 is 11.8 Å². The van der Waals surface area contributed by atoms with Gasteiger partial charge in [-0.25, -0.2) is 4.39 Å². The van der Waals surface area contributed by atoms with Crippen LogP contribution in [0.2, 0.25) is 0 Å². The van der Waals surface area contributed by atoms with Crippen LogP contribution in [-0.2, 0) is 19.6 Å². The zero-order valence-corrected chi connectivity index (χ0v) is 18.4. The smallest absolute Gasteiger partial charge is 0.284 e. The second-order valence-electron chi connectivity index (χ2n) is 6.48. The normalized spacial score (nSPS) is 17.8. The van der Waals surface area contributed by atoms with E-state index < -0.39 is 32.9 Å². The summed E-state index contributed by atoms with van der Waals surface area (Å²) >= 11 is 0.910. The van der Waals surface area contributed by atoms with Crippen LogP contribution in [0.15, 0.2) is 57.8 Å². The number of carbonyl (C=O) groups excluding carboxylic acids is 2. The quantitative estimate of drug-likeness (QED) is 0.674. The summed E-state index contributed by atoms with van der Waals surface area (Å²) in [5.41, 5.74) is 0.514. The second-order valence-corrected chi connectivity index (χ2v) is 9.25. The van der Waals surface area contributed by atoms with Crippen LogP contribution in [0.3, 0.4) is 0 Å². The molecule has 3 rings (SSSR count). The predicted octanol–water partition coefficient (Wildman–Crippen LogP) is 2.87. The molecule has 11 heteroatoms. The summed E-state index contributed by atoms with van der Waals surface area (Å²) in [5.74, 6) is -0.810. The molecule has 1 unspecified atom stereocenters. The maximum atomic E-state index is 13.1. The molecular weight excluding hydrogens is 445 g/mol. The van der Waals surface area contributed by atoms with Crippen LogP contribution in [0.4, 0.5) is 10.1 Å². The molecule has 2 amide bonds. The molecule has 0 bridgehead atoms. The lowest BCUT2D eigenvalue weighted by Crippen LogP contribution is -2.33. The lowest BCUT2D eigenvalue weighted by atomic mass is 10.2. The van der Waals surface area contributed by atoms with Crippen molar-refractivity contribution in [2.45, 2.75) is 23.5 Å². The lowest BCUT2D eigenvalue weighted by Gasteiger charge is -2.13. The van der Waals surface area contributed by atoms with Gasteiger partial charge in [-0.15, -0.1) is 4.40 Å². The van der Waals surface area contributed by atoms with Gasteiger partial charge in [0.15, 0.2) is 5.17 Å². The molecule has 31 heavy (non-hydrogen) atoms. The van der Waals surface area contributed by atoms with Gasteiger partial charge in [0, 0.05) is 24.7 Å². The number of halogens is 1. The molecule has 1 aliphatic rings. The number of nitrogens with one attached hydrogen (secondary N) is 1. The molecule has 2 aromatic carbocycles. The van der Waals surface area contributed by atoms with Crippen LogP contribution < -0.4 is 10.1 Å². The molecule has 1 N–H and O–H groups in total. The third-order valence-corrected chi connectivity index (χ3v) is 6.94. The van der Waals surface area contributed by atoms with Crippen molar-refractivity contribution in [1.82, 2.24) is 4.90 Å². The number of thioether (sulfide) groups is 1. The van der Waals surface area contributed by atoms with Crippen molar-refractivity contribution in [2.75, 3.05) is 19.0 Å². The van der Waals surface area contributed by atoms with Crippen molar-refractivity contribution in [1.29, 1.82) is 0 Å². The zero-order chi connectivity index (χ0) is 22.6. The van der Waals surface area contributed by atoms with E-state index in [1.54, 1.807) is 31.2 Å². The molecule has 0 aliphatic carbocycles. The number of nitrogens with zero attached hydrogens (tertiary/aromatic N) is 2. The first-order chi connectivity index (χ1) is 14.7. The van der Waals surface area contributed by atoms with Gasteiger partial charge in [0.25, 0.3) is 10.0 Å². The maximum absolute atomic E-state index is 13.1. The second kappa shape index (κ2) is 9.48. The van der Waals surface area contributed by atoms with E-state index >= 15 is 0 Å². The van der Waals surface area contributed by atoms with Gasteiger partial charge < -0.3 is 10.1 Å². The number of anilines is 1. The van der Waals surface area contributed by atoms with Crippen LogP contribution in [0.5, 0.6) is 5.75 Å². The van der Waals surface area contributed by atoms with Gasteiger partial charge in [-0.3, -0.25) is 14.5 Å². The largest absolute Gasteiger partial charge is 0.497 e. The standard InChI is InChI=1S/C20H20FN3O5S2/c1-3-24-19(26)17(12-18(25)22-14-5-4-6-15(11-14)29-2)30-20(24)23-31(27,28)16-9-7-13(21)8-10-16/h4-11,17H,3,12H2,1-2H3,(H,22,25). The lowest BCUT2D eigenvalue weighted by molar-refractivity contribution is -0.128. The highest BCUT2D eigenvalue weighted by molar-refractivity contribution is 8.16. The van der Waals surface area contributed by atoms with Crippen LogP contribution in [0.1, 0.15) is 13.3 Å². The van der Waals surface area contributed by atoms with E-state index in [0.717, 1.165) is 36.0 Å². The number of methoxy groups -OCH3 is 1. The molecule has 0 saturated carbocycles. The number of benzene rings is 2. The van der Waals surface area contributed by atoms with Gasteiger partial charge in [0.2, 0.25) is 11.8 Å². The zero-order valence-electron chi connectivity index (χ0n) is 16.7. The Morgan fingerprint density at radius 3 is 2.61 bits per heavy atom. The average Bonchev–Trinajstić information content (AvgIpc) is 3.01. The highest BCUT2D eigenvalue weighted by atomic mass is 32.2. The summed E-state index contributed by atoms with van der Waals surface area (Å²) in [7, 11) is -2.63. The number of hydrogen-bond acceptors (Lipinski definition) is 6. The fourth-order valence-electron chi connectivity index (χ4n) is 2.84. The highest BCUT2D eigenvalue weighted by Crippen LogP contribution is 2.31. The van der Waals surface area contributed by atoms with E-state index in [1.807, 2.05) is 0 Å². The Balaban J connectivity index is 1.75. The van der Waals surface area contributed by atoms with E-state index in [-0.39, 0.29) is 23.0 Å². The number of hydrogen-bond donors (Lipinski definition) is 1. The Labute approximate surface area is 183 Å². The van der Waals surface area contributed by atoms with Gasteiger partial charge in [-0.1, -0.05) is 17.8 Å².